The molecule has 4 aromatic rings. The minimum atomic E-state index is 0.0413. The van der Waals surface area contributed by atoms with E-state index in [2.05, 4.69) is 20.8 Å². The number of aromatic nitrogens is 2. The number of aryl methyl sites for hydroxylation is 1. The summed E-state index contributed by atoms with van der Waals surface area (Å²) in [4.78, 5) is 21.2. The number of nitrogens with zero attached hydrogens (tertiary/aromatic N) is 2. The van der Waals surface area contributed by atoms with Gasteiger partial charge in [0, 0.05) is 15.7 Å². The Bertz CT molecular complexity index is 1370. The van der Waals surface area contributed by atoms with Gasteiger partial charge in [-0.3, -0.25) is 9.36 Å². The molecule has 2 aromatic heterocycles. The highest BCUT2D eigenvalue weighted by atomic mass is 35.5. The lowest BCUT2D eigenvalue weighted by atomic mass is 9.72. The van der Waals surface area contributed by atoms with Gasteiger partial charge in [-0.25, -0.2) is 4.98 Å². The maximum atomic E-state index is 13.9. The van der Waals surface area contributed by atoms with E-state index in [4.69, 9.17) is 16.6 Å². The first-order valence-corrected chi connectivity index (χ1v) is 13.5. The summed E-state index contributed by atoms with van der Waals surface area (Å²) in [5.41, 5.74) is 3.42. The summed E-state index contributed by atoms with van der Waals surface area (Å²) in [6.45, 7) is 6.96. The van der Waals surface area contributed by atoms with Gasteiger partial charge in [-0.2, -0.15) is 0 Å². The lowest BCUT2D eigenvalue weighted by Crippen LogP contribution is -2.27. The van der Waals surface area contributed by atoms with Crippen LogP contribution in [0.4, 0.5) is 0 Å². The molecule has 1 unspecified atom stereocenters. The molecule has 1 atom stereocenters. The van der Waals surface area contributed by atoms with Crippen molar-refractivity contribution < 1.29 is 0 Å². The van der Waals surface area contributed by atoms with Crippen LogP contribution in [0.1, 0.15) is 43.2 Å². The Kier molecular flexibility index (Phi) is 6.15. The largest absolute Gasteiger partial charge is 0.268 e. The molecule has 1 aliphatic rings. The van der Waals surface area contributed by atoms with Crippen LogP contribution in [0.5, 0.6) is 0 Å². The summed E-state index contributed by atoms with van der Waals surface area (Å²) < 4.78 is 1.78. The second-order valence-electron chi connectivity index (χ2n) is 9.74. The molecule has 0 spiro atoms. The topological polar surface area (TPSA) is 34.9 Å². The van der Waals surface area contributed by atoms with Gasteiger partial charge < -0.3 is 0 Å². The summed E-state index contributed by atoms with van der Waals surface area (Å²) >= 11 is 9.67. The van der Waals surface area contributed by atoms with E-state index in [-0.39, 0.29) is 11.0 Å². The molecule has 0 saturated carbocycles. The number of thiophene rings is 1. The smallest absolute Gasteiger partial charge is 0.267 e. The molecule has 6 heteroatoms. The van der Waals surface area contributed by atoms with Crippen molar-refractivity contribution in [2.45, 2.75) is 50.9 Å². The van der Waals surface area contributed by atoms with Crippen LogP contribution in [0.3, 0.4) is 0 Å². The van der Waals surface area contributed by atoms with Crippen molar-refractivity contribution in [2.24, 2.45) is 11.3 Å². The zero-order valence-corrected chi connectivity index (χ0v) is 21.5. The molecule has 0 radical (unpaired) electrons. The number of benzene rings is 2. The Hall–Kier alpha value is -2.08. The number of halogens is 1. The summed E-state index contributed by atoms with van der Waals surface area (Å²) in [5.74, 6) is 1.28. The number of hydrogen-bond acceptors (Lipinski definition) is 4. The number of rotatable bonds is 4. The van der Waals surface area contributed by atoms with Gasteiger partial charge in [0.1, 0.15) is 4.83 Å². The van der Waals surface area contributed by atoms with E-state index in [1.54, 1.807) is 27.7 Å². The summed E-state index contributed by atoms with van der Waals surface area (Å²) in [6, 6.07) is 17.7. The number of fused-ring (bicyclic) bond motifs is 3. The number of para-hydroxylation sites is 1. The standard InChI is InChI=1S/C27H27ClN2OS2/c1-27(2,3)18-13-14-20-22(15-18)33-24-23(20)25(31)30(19-10-5-4-6-11-19)26(29-24)32-16-17-9-7-8-12-21(17)28/h4-12,18H,13-16H2,1-3H3. The zero-order chi connectivity index (χ0) is 23.2. The Morgan fingerprint density at radius 2 is 1.85 bits per heavy atom. The molecule has 1 aliphatic carbocycles. The van der Waals surface area contributed by atoms with E-state index >= 15 is 0 Å². The number of thioether (sulfide) groups is 1. The molecule has 5 rings (SSSR count). The second-order valence-corrected chi connectivity index (χ2v) is 12.2. The van der Waals surface area contributed by atoms with Crippen molar-refractivity contribution in [3.8, 4) is 5.69 Å². The van der Waals surface area contributed by atoms with Gasteiger partial charge in [-0.05, 0) is 59.9 Å². The summed E-state index contributed by atoms with van der Waals surface area (Å²) in [5, 5.41) is 2.26. The molecule has 170 valence electrons. The molecule has 0 fully saturated rings. The van der Waals surface area contributed by atoms with Crippen LogP contribution in [0.25, 0.3) is 15.9 Å². The first kappa shape index (κ1) is 22.7. The predicted molar refractivity (Wildman–Crippen MR) is 141 cm³/mol. The van der Waals surface area contributed by atoms with Crippen LogP contribution >= 0.6 is 34.7 Å². The van der Waals surface area contributed by atoms with Crippen molar-refractivity contribution >= 4 is 44.9 Å². The van der Waals surface area contributed by atoms with E-state index in [0.29, 0.717) is 16.8 Å². The molecule has 0 N–H and O–H groups in total. The lowest BCUT2D eigenvalue weighted by Gasteiger charge is -2.33. The SMILES string of the molecule is CC(C)(C)C1CCc2c(sc3nc(SCc4ccccc4Cl)n(-c4ccccc4)c(=O)c23)C1. The third kappa shape index (κ3) is 4.39. The van der Waals surface area contributed by atoms with Gasteiger partial charge in [0.2, 0.25) is 0 Å². The summed E-state index contributed by atoms with van der Waals surface area (Å²) in [6.07, 6.45) is 3.11. The first-order valence-electron chi connectivity index (χ1n) is 11.3. The minimum absolute atomic E-state index is 0.0413. The molecule has 0 amide bonds. The Balaban J connectivity index is 1.63. The highest BCUT2D eigenvalue weighted by Crippen LogP contribution is 2.42. The van der Waals surface area contributed by atoms with Crippen LogP contribution in [0, 0.1) is 11.3 Å². The molecule has 0 saturated heterocycles. The molecular formula is C27H27ClN2OS2. The van der Waals surface area contributed by atoms with Gasteiger partial charge in [-0.15, -0.1) is 11.3 Å². The summed E-state index contributed by atoms with van der Waals surface area (Å²) in [7, 11) is 0. The number of hydrogen-bond donors (Lipinski definition) is 0. The van der Waals surface area contributed by atoms with Crippen LogP contribution in [-0.4, -0.2) is 9.55 Å². The maximum absolute atomic E-state index is 13.9. The first-order chi connectivity index (χ1) is 15.8. The van der Waals surface area contributed by atoms with Gasteiger partial charge in [-0.1, -0.05) is 80.5 Å². The van der Waals surface area contributed by atoms with E-state index in [9.17, 15) is 4.79 Å². The highest BCUT2D eigenvalue weighted by molar-refractivity contribution is 7.98. The normalized spacial score (nSPS) is 16.2. The molecule has 2 aromatic carbocycles. The monoisotopic (exact) mass is 494 g/mol. The minimum Gasteiger partial charge on any atom is -0.268 e. The molecule has 33 heavy (non-hydrogen) atoms. The van der Waals surface area contributed by atoms with E-state index < -0.39 is 0 Å². The van der Waals surface area contributed by atoms with Crippen molar-refractivity contribution in [3.63, 3.8) is 0 Å². The average molecular weight is 495 g/mol. The fourth-order valence-electron chi connectivity index (χ4n) is 4.60. The van der Waals surface area contributed by atoms with E-state index in [1.165, 1.54) is 10.4 Å². The van der Waals surface area contributed by atoms with Crippen LogP contribution in [0.15, 0.2) is 64.5 Å². The Morgan fingerprint density at radius 3 is 2.58 bits per heavy atom. The zero-order valence-electron chi connectivity index (χ0n) is 19.1. The third-order valence-corrected chi connectivity index (χ3v) is 9.11. The quantitative estimate of drug-likeness (QED) is 0.217. The molecule has 3 nitrogen and oxygen atoms in total. The fraction of sp³-hybridized carbons (Fsp3) is 0.333. The van der Waals surface area contributed by atoms with Crippen molar-refractivity contribution in [2.75, 3.05) is 0 Å². The second kappa shape index (κ2) is 8.94. The molecule has 0 bridgehead atoms. The van der Waals surface area contributed by atoms with Crippen LogP contribution < -0.4 is 5.56 Å². The Morgan fingerprint density at radius 1 is 1.12 bits per heavy atom. The lowest BCUT2D eigenvalue weighted by molar-refractivity contribution is 0.218. The molecule has 0 aliphatic heterocycles. The van der Waals surface area contributed by atoms with E-state index in [0.717, 1.165) is 45.8 Å². The molecule has 2 heterocycles. The van der Waals surface area contributed by atoms with Gasteiger partial charge in [0.25, 0.3) is 5.56 Å². The van der Waals surface area contributed by atoms with Crippen molar-refractivity contribution in [1.29, 1.82) is 0 Å². The average Bonchev–Trinajstić information content (AvgIpc) is 3.16. The van der Waals surface area contributed by atoms with Crippen LogP contribution in [-0.2, 0) is 18.6 Å². The van der Waals surface area contributed by atoms with Crippen molar-refractivity contribution in [1.82, 2.24) is 9.55 Å². The van der Waals surface area contributed by atoms with Crippen LogP contribution in [0.2, 0.25) is 5.02 Å². The van der Waals surface area contributed by atoms with E-state index in [1.807, 2.05) is 54.6 Å². The molecular weight excluding hydrogens is 468 g/mol. The predicted octanol–water partition coefficient (Wildman–Crippen LogP) is 7.54. The van der Waals surface area contributed by atoms with Crippen molar-refractivity contribution in [3.05, 3.63) is 86.0 Å². The fourth-order valence-corrected chi connectivity index (χ4v) is 7.24. The highest BCUT2D eigenvalue weighted by Gasteiger charge is 2.32. The van der Waals surface area contributed by atoms with Gasteiger partial charge >= 0.3 is 0 Å². The maximum Gasteiger partial charge on any atom is 0.267 e. The third-order valence-electron chi connectivity index (χ3n) is 6.61. The van der Waals surface area contributed by atoms with Gasteiger partial charge in [0.15, 0.2) is 5.16 Å². The Labute approximate surface area is 207 Å². The van der Waals surface area contributed by atoms with Gasteiger partial charge in [0.05, 0.1) is 11.1 Å².